The van der Waals surface area contributed by atoms with Crippen LogP contribution in [-0.2, 0) is 24.3 Å². The quantitative estimate of drug-likeness (QED) is 0.696. The number of pyridine rings is 1. The molecule has 2 heterocycles. The predicted octanol–water partition coefficient (Wildman–Crippen LogP) is 3.59. The lowest BCUT2D eigenvalue weighted by molar-refractivity contribution is -0.132. The van der Waals surface area contributed by atoms with Crippen LogP contribution in [0.1, 0.15) is 16.9 Å². The van der Waals surface area contributed by atoms with Gasteiger partial charge in [-0.15, -0.1) is 0 Å². The molecule has 0 aliphatic rings. The standard InChI is InChI=1S/C19H17FN2O2/c20-17-7-5-15(6-8-17)11-19(23)22(14-18-4-2-10-24-18)13-16-3-1-9-21-12-16/h1-10,12H,11,13-14H2. The van der Waals surface area contributed by atoms with Crippen molar-refractivity contribution in [3.8, 4) is 0 Å². The summed E-state index contributed by atoms with van der Waals surface area (Å²) in [5.74, 6) is 0.349. The number of hydrogen-bond acceptors (Lipinski definition) is 3. The minimum atomic E-state index is -0.311. The lowest BCUT2D eigenvalue weighted by Crippen LogP contribution is -2.31. The number of benzene rings is 1. The normalized spacial score (nSPS) is 10.5. The van der Waals surface area contributed by atoms with E-state index in [-0.39, 0.29) is 18.1 Å². The van der Waals surface area contributed by atoms with Crippen LogP contribution in [0.2, 0.25) is 0 Å². The number of halogens is 1. The number of carbonyl (C=O) groups is 1. The van der Waals surface area contributed by atoms with Crippen molar-refractivity contribution in [2.75, 3.05) is 0 Å². The molecule has 0 aliphatic heterocycles. The van der Waals surface area contributed by atoms with E-state index in [0.717, 1.165) is 11.1 Å². The molecule has 5 heteroatoms. The number of aromatic nitrogens is 1. The molecule has 0 bridgehead atoms. The lowest BCUT2D eigenvalue weighted by Gasteiger charge is -2.22. The Morgan fingerprint density at radius 1 is 1.04 bits per heavy atom. The summed E-state index contributed by atoms with van der Waals surface area (Å²) in [7, 11) is 0. The van der Waals surface area contributed by atoms with Crippen LogP contribution < -0.4 is 0 Å². The van der Waals surface area contributed by atoms with Gasteiger partial charge in [-0.2, -0.15) is 0 Å². The van der Waals surface area contributed by atoms with Gasteiger partial charge in [0.2, 0.25) is 5.91 Å². The fourth-order valence-corrected chi connectivity index (χ4v) is 2.42. The van der Waals surface area contributed by atoms with Gasteiger partial charge in [-0.3, -0.25) is 9.78 Å². The van der Waals surface area contributed by atoms with Gasteiger partial charge >= 0.3 is 0 Å². The lowest BCUT2D eigenvalue weighted by atomic mass is 10.1. The maximum atomic E-state index is 13.0. The van der Waals surface area contributed by atoms with Gasteiger partial charge < -0.3 is 9.32 Å². The van der Waals surface area contributed by atoms with Gasteiger partial charge in [0.05, 0.1) is 19.2 Å². The number of amides is 1. The molecule has 0 unspecified atom stereocenters. The number of rotatable bonds is 6. The zero-order valence-corrected chi connectivity index (χ0v) is 13.1. The highest BCUT2D eigenvalue weighted by Gasteiger charge is 2.16. The van der Waals surface area contributed by atoms with Crippen LogP contribution in [0.25, 0.3) is 0 Å². The smallest absolute Gasteiger partial charge is 0.227 e. The van der Waals surface area contributed by atoms with Crippen LogP contribution in [-0.4, -0.2) is 15.8 Å². The molecule has 3 aromatic rings. The SMILES string of the molecule is O=C(Cc1ccc(F)cc1)N(Cc1cccnc1)Cc1ccco1. The molecular formula is C19H17FN2O2. The Labute approximate surface area is 139 Å². The minimum Gasteiger partial charge on any atom is -0.467 e. The molecule has 0 atom stereocenters. The number of hydrogen-bond donors (Lipinski definition) is 0. The first-order valence-corrected chi connectivity index (χ1v) is 7.64. The van der Waals surface area contributed by atoms with E-state index < -0.39 is 0 Å². The molecule has 4 nitrogen and oxygen atoms in total. The molecule has 0 saturated heterocycles. The van der Waals surface area contributed by atoms with Gasteiger partial charge in [0.25, 0.3) is 0 Å². The number of carbonyl (C=O) groups excluding carboxylic acids is 1. The van der Waals surface area contributed by atoms with Crippen molar-refractivity contribution < 1.29 is 13.6 Å². The maximum Gasteiger partial charge on any atom is 0.227 e. The van der Waals surface area contributed by atoms with E-state index in [0.29, 0.717) is 18.8 Å². The van der Waals surface area contributed by atoms with Crippen LogP contribution in [0, 0.1) is 5.82 Å². The average Bonchev–Trinajstić information content (AvgIpc) is 3.10. The summed E-state index contributed by atoms with van der Waals surface area (Å²) in [6, 6.07) is 13.4. The van der Waals surface area contributed by atoms with Crippen molar-refractivity contribution in [3.05, 3.63) is 89.9 Å². The molecule has 0 aliphatic carbocycles. The summed E-state index contributed by atoms with van der Waals surface area (Å²) < 4.78 is 18.4. The second-order valence-corrected chi connectivity index (χ2v) is 5.49. The third kappa shape index (κ3) is 4.29. The highest BCUT2D eigenvalue weighted by Crippen LogP contribution is 2.13. The van der Waals surface area contributed by atoms with Crippen molar-refractivity contribution in [2.45, 2.75) is 19.5 Å². The summed E-state index contributed by atoms with van der Waals surface area (Å²) in [5, 5.41) is 0. The van der Waals surface area contributed by atoms with E-state index in [1.165, 1.54) is 12.1 Å². The average molecular weight is 324 g/mol. The molecule has 0 spiro atoms. The largest absolute Gasteiger partial charge is 0.467 e. The van der Waals surface area contributed by atoms with Crippen LogP contribution >= 0.6 is 0 Å². The van der Waals surface area contributed by atoms with Gasteiger partial charge in [-0.1, -0.05) is 18.2 Å². The first-order chi connectivity index (χ1) is 11.7. The summed E-state index contributed by atoms with van der Waals surface area (Å²) in [4.78, 5) is 18.5. The second-order valence-electron chi connectivity index (χ2n) is 5.49. The Bertz CT molecular complexity index is 771. The van der Waals surface area contributed by atoms with Crippen molar-refractivity contribution in [3.63, 3.8) is 0 Å². The molecular weight excluding hydrogens is 307 g/mol. The Morgan fingerprint density at radius 2 is 1.88 bits per heavy atom. The van der Waals surface area contributed by atoms with Crippen LogP contribution in [0.5, 0.6) is 0 Å². The molecule has 0 saturated carbocycles. The van der Waals surface area contributed by atoms with Gasteiger partial charge in [0, 0.05) is 18.9 Å². The summed E-state index contributed by atoms with van der Waals surface area (Å²) >= 11 is 0. The number of nitrogens with zero attached hydrogens (tertiary/aromatic N) is 2. The topological polar surface area (TPSA) is 46.3 Å². The third-order valence-corrected chi connectivity index (χ3v) is 3.64. The molecule has 0 fully saturated rings. The van der Waals surface area contributed by atoms with E-state index >= 15 is 0 Å². The third-order valence-electron chi connectivity index (χ3n) is 3.64. The molecule has 1 aromatic carbocycles. The highest BCUT2D eigenvalue weighted by atomic mass is 19.1. The van der Waals surface area contributed by atoms with Crippen molar-refractivity contribution >= 4 is 5.91 Å². The van der Waals surface area contributed by atoms with Crippen molar-refractivity contribution in [1.29, 1.82) is 0 Å². The number of furan rings is 1. The van der Waals surface area contributed by atoms with Gasteiger partial charge in [-0.05, 0) is 41.5 Å². The van der Waals surface area contributed by atoms with Gasteiger partial charge in [0.15, 0.2) is 0 Å². The monoisotopic (exact) mass is 324 g/mol. The van der Waals surface area contributed by atoms with Gasteiger partial charge in [-0.25, -0.2) is 4.39 Å². The first kappa shape index (κ1) is 15.9. The zero-order chi connectivity index (χ0) is 16.8. The predicted molar refractivity (Wildman–Crippen MR) is 87.3 cm³/mol. The summed E-state index contributed by atoms with van der Waals surface area (Å²) in [6.07, 6.45) is 5.23. The molecule has 0 N–H and O–H groups in total. The van der Waals surface area contributed by atoms with E-state index in [1.807, 2.05) is 18.2 Å². The van der Waals surface area contributed by atoms with Crippen molar-refractivity contribution in [1.82, 2.24) is 9.88 Å². The molecule has 3 rings (SSSR count). The molecule has 24 heavy (non-hydrogen) atoms. The zero-order valence-electron chi connectivity index (χ0n) is 13.1. The fraction of sp³-hybridized carbons (Fsp3) is 0.158. The van der Waals surface area contributed by atoms with E-state index in [2.05, 4.69) is 4.98 Å². The molecule has 2 aromatic heterocycles. The summed E-state index contributed by atoms with van der Waals surface area (Å²) in [6.45, 7) is 0.816. The van der Waals surface area contributed by atoms with E-state index in [4.69, 9.17) is 4.42 Å². The van der Waals surface area contributed by atoms with Crippen LogP contribution in [0.3, 0.4) is 0 Å². The minimum absolute atomic E-state index is 0.0538. The van der Waals surface area contributed by atoms with E-state index in [1.54, 1.807) is 41.8 Å². The second kappa shape index (κ2) is 7.55. The Kier molecular flexibility index (Phi) is 5.01. The maximum absolute atomic E-state index is 13.0. The van der Waals surface area contributed by atoms with Crippen molar-refractivity contribution in [2.24, 2.45) is 0 Å². The first-order valence-electron chi connectivity index (χ1n) is 7.64. The summed E-state index contributed by atoms with van der Waals surface area (Å²) in [5.41, 5.74) is 1.72. The fourth-order valence-electron chi connectivity index (χ4n) is 2.42. The molecule has 1 amide bonds. The van der Waals surface area contributed by atoms with E-state index in [9.17, 15) is 9.18 Å². The Morgan fingerprint density at radius 3 is 2.54 bits per heavy atom. The molecule has 122 valence electrons. The Hall–Kier alpha value is -2.95. The Balaban J connectivity index is 1.74. The van der Waals surface area contributed by atoms with Crippen LogP contribution in [0.4, 0.5) is 4.39 Å². The van der Waals surface area contributed by atoms with Gasteiger partial charge in [0.1, 0.15) is 11.6 Å². The van der Waals surface area contributed by atoms with Crippen LogP contribution in [0.15, 0.2) is 71.6 Å². The highest BCUT2D eigenvalue weighted by molar-refractivity contribution is 5.78. The molecule has 0 radical (unpaired) electrons.